The molecule has 1 amide bonds. The predicted molar refractivity (Wildman–Crippen MR) is 56.3 cm³/mol. The van der Waals surface area contributed by atoms with Gasteiger partial charge in [0.05, 0.1) is 6.10 Å². The van der Waals surface area contributed by atoms with Crippen molar-refractivity contribution in [3.63, 3.8) is 0 Å². The summed E-state index contributed by atoms with van der Waals surface area (Å²) in [5.74, 6) is -0.422. The van der Waals surface area contributed by atoms with Crippen molar-refractivity contribution in [1.29, 1.82) is 0 Å². The van der Waals surface area contributed by atoms with Crippen LogP contribution < -0.4 is 11.1 Å². The molecule has 0 aliphatic carbocycles. The molecule has 1 aliphatic heterocycles. The molecule has 0 aromatic heterocycles. The van der Waals surface area contributed by atoms with Crippen molar-refractivity contribution in [2.75, 3.05) is 6.54 Å². The van der Waals surface area contributed by atoms with E-state index in [-0.39, 0.29) is 12.1 Å². The summed E-state index contributed by atoms with van der Waals surface area (Å²) in [7, 11) is 0. The van der Waals surface area contributed by atoms with Gasteiger partial charge in [-0.05, 0) is 18.1 Å². The van der Waals surface area contributed by atoms with Gasteiger partial charge in [-0.1, -0.05) is 18.2 Å². The van der Waals surface area contributed by atoms with Gasteiger partial charge in [0.15, 0.2) is 0 Å². The number of aliphatic hydroxyl groups is 1. The van der Waals surface area contributed by atoms with Crippen LogP contribution in [0.2, 0.25) is 0 Å². The number of hydrogen-bond acceptors (Lipinski definition) is 3. The van der Waals surface area contributed by atoms with Crippen LogP contribution in [-0.4, -0.2) is 23.7 Å². The fourth-order valence-electron chi connectivity index (χ4n) is 1.98. The minimum atomic E-state index is -0.422. The van der Waals surface area contributed by atoms with Crippen molar-refractivity contribution in [1.82, 2.24) is 5.32 Å². The van der Waals surface area contributed by atoms with Gasteiger partial charge in [0.25, 0.3) is 0 Å². The Balaban J connectivity index is 2.31. The van der Waals surface area contributed by atoms with Crippen LogP contribution in [0.25, 0.3) is 0 Å². The first kappa shape index (κ1) is 10.1. The first-order valence-electron chi connectivity index (χ1n) is 4.98. The lowest BCUT2D eigenvalue weighted by Crippen LogP contribution is -2.20. The van der Waals surface area contributed by atoms with E-state index in [9.17, 15) is 9.90 Å². The second kappa shape index (κ2) is 4.00. The lowest BCUT2D eigenvalue weighted by atomic mass is 9.98. The maximum atomic E-state index is 11.2. The number of primary amides is 1. The van der Waals surface area contributed by atoms with Crippen LogP contribution in [-0.2, 0) is 0 Å². The quantitative estimate of drug-likeness (QED) is 0.646. The Morgan fingerprint density at radius 1 is 1.47 bits per heavy atom. The molecule has 1 aromatic rings. The Kier molecular flexibility index (Phi) is 2.70. The normalized spacial score (nSPS) is 25.4. The largest absolute Gasteiger partial charge is 0.392 e. The van der Waals surface area contributed by atoms with Crippen molar-refractivity contribution in [3.05, 3.63) is 35.4 Å². The van der Waals surface area contributed by atoms with E-state index in [2.05, 4.69) is 5.32 Å². The molecular weight excluding hydrogens is 192 g/mol. The Bertz CT molecular complexity index is 379. The topological polar surface area (TPSA) is 75.4 Å². The Morgan fingerprint density at radius 2 is 2.20 bits per heavy atom. The third-order valence-corrected chi connectivity index (χ3v) is 2.71. The van der Waals surface area contributed by atoms with Crippen LogP contribution in [0.4, 0.5) is 0 Å². The lowest BCUT2D eigenvalue weighted by molar-refractivity contribution is 0.0998. The smallest absolute Gasteiger partial charge is 0.249 e. The third-order valence-electron chi connectivity index (χ3n) is 2.71. The number of hydrogen-bond donors (Lipinski definition) is 3. The zero-order valence-corrected chi connectivity index (χ0v) is 8.31. The molecule has 2 atom stereocenters. The highest BCUT2D eigenvalue weighted by Crippen LogP contribution is 2.25. The average molecular weight is 206 g/mol. The van der Waals surface area contributed by atoms with Gasteiger partial charge < -0.3 is 16.2 Å². The first-order chi connectivity index (χ1) is 7.18. The Morgan fingerprint density at radius 3 is 2.80 bits per heavy atom. The number of aliphatic hydroxyl groups excluding tert-OH is 1. The highest BCUT2D eigenvalue weighted by Gasteiger charge is 2.25. The van der Waals surface area contributed by atoms with E-state index in [1.807, 2.05) is 12.1 Å². The molecule has 1 fully saturated rings. The molecule has 80 valence electrons. The van der Waals surface area contributed by atoms with E-state index < -0.39 is 5.91 Å². The minimum Gasteiger partial charge on any atom is -0.392 e. The summed E-state index contributed by atoms with van der Waals surface area (Å²) in [5, 5.41) is 12.6. The number of carbonyl (C=O) groups excluding carboxylic acids is 1. The maximum Gasteiger partial charge on any atom is 0.249 e. The van der Waals surface area contributed by atoms with Crippen LogP contribution in [0.1, 0.15) is 28.4 Å². The molecule has 1 aromatic carbocycles. The molecule has 2 rings (SSSR count). The second-order valence-corrected chi connectivity index (χ2v) is 3.80. The molecule has 1 heterocycles. The van der Waals surface area contributed by atoms with Crippen LogP contribution in [0.15, 0.2) is 24.3 Å². The summed E-state index contributed by atoms with van der Waals surface area (Å²) in [6, 6.07) is 7.27. The summed E-state index contributed by atoms with van der Waals surface area (Å²) in [6.45, 7) is 0.567. The number of benzene rings is 1. The molecule has 0 radical (unpaired) electrons. The SMILES string of the molecule is NC(=O)c1ccccc1[C@@H]1C[C@H](O)CN1. The minimum absolute atomic E-state index is 0.0312. The molecule has 1 aliphatic rings. The van der Waals surface area contributed by atoms with Gasteiger partial charge in [0.2, 0.25) is 5.91 Å². The molecule has 0 saturated carbocycles. The molecular formula is C11H14N2O2. The van der Waals surface area contributed by atoms with Crippen LogP contribution in [0, 0.1) is 0 Å². The van der Waals surface area contributed by atoms with Crippen LogP contribution in [0.5, 0.6) is 0 Å². The van der Waals surface area contributed by atoms with Gasteiger partial charge in [-0.15, -0.1) is 0 Å². The molecule has 0 bridgehead atoms. The van der Waals surface area contributed by atoms with Gasteiger partial charge >= 0.3 is 0 Å². The molecule has 15 heavy (non-hydrogen) atoms. The molecule has 0 spiro atoms. The summed E-state index contributed by atoms with van der Waals surface area (Å²) < 4.78 is 0. The van der Waals surface area contributed by atoms with Gasteiger partial charge in [-0.3, -0.25) is 4.79 Å². The van der Waals surface area contributed by atoms with Crippen molar-refractivity contribution >= 4 is 5.91 Å². The highest BCUT2D eigenvalue weighted by molar-refractivity contribution is 5.94. The van der Waals surface area contributed by atoms with E-state index in [4.69, 9.17) is 5.73 Å². The summed E-state index contributed by atoms with van der Waals surface area (Å²) in [5.41, 5.74) is 6.70. The predicted octanol–water partition coefficient (Wildman–Crippen LogP) is 0.181. The molecule has 4 heteroatoms. The van der Waals surface area contributed by atoms with E-state index in [0.29, 0.717) is 18.5 Å². The lowest BCUT2D eigenvalue weighted by Gasteiger charge is -2.13. The van der Waals surface area contributed by atoms with Gasteiger partial charge in [0.1, 0.15) is 0 Å². The Labute approximate surface area is 88.1 Å². The molecule has 0 unspecified atom stereocenters. The number of amides is 1. The molecule has 4 nitrogen and oxygen atoms in total. The zero-order chi connectivity index (χ0) is 10.8. The van der Waals surface area contributed by atoms with Gasteiger partial charge in [-0.2, -0.15) is 0 Å². The zero-order valence-electron chi connectivity index (χ0n) is 8.31. The van der Waals surface area contributed by atoms with Crippen LogP contribution in [0.3, 0.4) is 0 Å². The number of nitrogens with two attached hydrogens (primary N) is 1. The number of nitrogens with one attached hydrogen (secondary N) is 1. The van der Waals surface area contributed by atoms with E-state index in [1.54, 1.807) is 12.1 Å². The van der Waals surface area contributed by atoms with Crippen molar-refractivity contribution in [3.8, 4) is 0 Å². The fraction of sp³-hybridized carbons (Fsp3) is 0.364. The number of rotatable bonds is 2. The van der Waals surface area contributed by atoms with Crippen molar-refractivity contribution in [2.24, 2.45) is 5.73 Å². The maximum absolute atomic E-state index is 11.2. The number of β-amino-alcohol motifs (C(OH)–C–C–N with tert-alkyl or cyclic N) is 1. The summed E-state index contributed by atoms with van der Waals surface area (Å²) >= 11 is 0. The first-order valence-corrected chi connectivity index (χ1v) is 4.98. The monoisotopic (exact) mass is 206 g/mol. The molecule has 1 saturated heterocycles. The highest BCUT2D eigenvalue weighted by atomic mass is 16.3. The summed E-state index contributed by atoms with van der Waals surface area (Å²) in [4.78, 5) is 11.2. The fourth-order valence-corrected chi connectivity index (χ4v) is 1.98. The van der Waals surface area contributed by atoms with Crippen LogP contribution >= 0.6 is 0 Å². The van der Waals surface area contributed by atoms with E-state index in [0.717, 1.165) is 5.56 Å². The van der Waals surface area contributed by atoms with E-state index >= 15 is 0 Å². The van der Waals surface area contributed by atoms with Gasteiger partial charge in [0, 0.05) is 18.2 Å². The second-order valence-electron chi connectivity index (χ2n) is 3.80. The van der Waals surface area contributed by atoms with Crippen molar-refractivity contribution in [2.45, 2.75) is 18.6 Å². The molecule has 4 N–H and O–H groups in total. The van der Waals surface area contributed by atoms with E-state index in [1.165, 1.54) is 0 Å². The summed E-state index contributed by atoms with van der Waals surface area (Å²) in [6.07, 6.45) is 0.292. The van der Waals surface area contributed by atoms with Crippen molar-refractivity contribution < 1.29 is 9.90 Å². The Hall–Kier alpha value is -1.39. The number of carbonyl (C=O) groups is 1. The van der Waals surface area contributed by atoms with Gasteiger partial charge in [-0.25, -0.2) is 0 Å². The average Bonchev–Trinajstić information content (AvgIpc) is 2.65. The standard InChI is InChI=1S/C11H14N2O2/c12-11(15)9-4-2-1-3-8(9)10-5-7(14)6-13-10/h1-4,7,10,13-14H,5-6H2,(H2,12,15)/t7-,10-/m0/s1. The third kappa shape index (κ3) is 2.00.